The second kappa shape index (κ2) is 8.10. The standard InChI is InChI=1S/C24H20N2O3/c27-22(16-4-2-1-3-5-16)17-6-8-18(9-7-17)23(28)25-20-12-14-21(15-13-20)26-24(29)19-10-11-19/h1-9,12-15,19H,10-11H2,(H,25,28)(H,26,29). The highest BCUT2D eigenvalue weighted by molar-refractivity contribution is 6.10. The van der Waals surface area contributed by atoms with Crippen molar-refractivity contribution in [1.82, 2.24) is 0 Å². The van der Waals surface area contributed by atoms with Gasteiger partial charge in [0.1, 0.15) is 0 Å². The van der Waals surface area contributed by atoms with Gasteiger partial charge in [0.25, 0.3) is 5.91 Å². The van der Waals surface area contributed by atoms with Crippen LogP contribution in [0.2, 0.25) is 0 Å². The van der Waals surface area contributed by atoms with Crippen molar-refractivity contribution in [2.45, 2.75) is 12.8 Å². The topological polar surface area (TPSA) is 75.3 Å². The molecule has 1 aliphatic rings. The number of carbonyl (C=O) groups excluding carboxylic acids is 3. The third kappa shape index (κ3) is 4.58. The molecule has 1 aliphatic carbocycles. The van der Waals surface area contributed by atoms with Crippen molar-refractivity contribution in [1.29, 1.82) is 0 Å². The zero-order valence-electron chi connectivity index (χ0n) is 15.7. The molecule has 5 nitrogen and oxygen atoms in total. The van der Waals surface area contributed by atoms with Crippen molar-refractivity contribution in [3.05, 3.63) is 95.6 Å². The number of amides is 2. The normalized spacial score (nSPS) is 12.8. The molecule has 2 amide bonds. The van der Waals surface area contributed by atoms with E-state index in [-0.39, 0.29) is 23.5 Å². The van der Waals surface area contributed by atoms with Gasteiger partial charge in [-0.1, -0.05) is 42.5 Å². The molecule has 1 saturated carbocycles. The van der Waals surface area contributed by atoms with Gasteiger partial charge in [-0.15, -0.1) is 0 Å². The van der Waals surface area contributed by atoms with E-state index in [1.807, 2.05) is 18.2 Å². The Hall–Kier alpha value is -3.73. The van der Waals surface area contributed by atoms with Gasteiger partial charge in [0, 0.05) is 34.0 Å². The van der Waals surface area contributed by atoms with Crippen molar-refractivity contribution in [2.24, 2.45) is 5.92 Å². The lowest BCUT2D eigenvalue weighted by Crippen LogP contribution is -2.14. The van der Waals surface area contributed by atoms with Gasteiger partial charge in [0.05, 0.1) is 0 Å². The molecule has 0 heterocycles. The van der Waals surface area contributed by atoms with Crippen molar-refractivity contribution in [3.8, 4) is 0 Å². The van der Waals surface area contributed by atoms with Crippen LogP contribution in [0.25, 0.3) is 0 Å². The zero-order valence-corrected chi connectivity index (χ0v) is 15.7. The smallest absolute Gasteiger partial charge is 0.255 e. The zero-order chi connectivity index (χ0) is 20.2. The predicted octanol–water partition coefficient (Wildman–Crippen LogP) is 4.52. The van der Waals surface area contributed by atoms with Gasteiger partial charge >= 0.3 is 0 Å². The fourth-order valence-corrected chi connectivity index (χ4v) is 2.96. The summed E-state index contributed by atoms with van der Waals surface area (Å²) in [7, 11) is 0. The summed E-state index contributed by atoms with van der Waals surface area (Å²) in [6, 6.07) is 22.6. The van der Waals surface area contributed by atoms with Crippen LogP contribution in [0.3, 0.4) is 0 Å². The van der Waals surface area contributed by atoms with E-state index in [0.717, 1.165) is 12.8 Å². The molecule has 5 heteroatoms. The molecule has 3 aromatic rings. The molecular formula is C24H20N2O3. The Balaban J connectivity index is 1.38. The van der Waals surface area contributed by atoms with E-state index < -0.39 is 0 Å². The quantitative estimate of drug-likeness (QED) is 0.614. The first-order valence-electron chi connectivity index (χ1n) is 9.52. The van der Waals surface area contributed by atoms with E-state index in [2.05, 4.69) is 10.6 Å². The maximum absolute atomic E-state index is 12.5. The molecule has 2 N–H and O–H groups in total. The average Bonchev–Trinajstić information content (AvgIpc) is 3.61. The number of rotatable bonds is 6. The molecule has 0 bridgehead atoms. The minimum atomic E-state index is -0.265. The molecule has 1 fully saturated rings. The van der Waals surface area contributed by atoms with E-state index >= 15 is 0 Å². The average molecular weight is 384 g/mol. The van der Waals surface area contributed by atoms with Crippen LogP contribution in [0, 0.1) is 5.92 Å². The van der Waals surface area contributed by atoms with Gasteiger partial charge < -0.3 is 10.6 Å². The van der Waals surface area contributed by atoms with Gasteiger partial charge in [-0.3, -0.25) is 14.4 Å². The van der Waals surface area contributed by atoms with Crippen LogP contribution in [0.15, 0.2) is 78.9 Å². The Kier molecular flexibility index (Phi) is 5.20. The van der Waals surface area contributed by atoms with Crippen molar-refractivity contribution >= 4 is 29.0 Å². The first kappa shape index (κ1) is 18.6. The lowest BCUT2D eigenvalue weighted by Gasteiger charge is -2.08. The summed E-state index contributed by atoms with van der Waals surface area (Å²) in [4.78, 5) is 36.7. The minimum Gasteiger partial charge on any atom is -0.326 e. The van der Waals surface area contributed by atoms with Crippen molar-refractivity contribution < 1.29 is 14.4 Å². The summed E-state index contributed by atoms with van der Waals surface area (Å²) < 4.78 is 0. The number of hydrogen-bond donors (Lipinski definition) is 2. The first-order chi connectivity index (χ1) is 14.1. The molecule has 3 aromatic carbocycles. The summed E-state index contributed by atoms with van der Waals surface area (Å²) in [6.45, 7) is 0. The largest absolute Gasteiger partial charge is 0.326 e. The van der Waals surface area contributed by atoms with Crippen LogP contribution >= 0.6 is 0 Å². The second-order valence-electron chi connectivity index (χ2n) is 7.07. The number of carbonyl (C=O) groups is 3. The molecule has 0 unspecified atom stereocenters. The second-order valence-corrected chi connectivity index (χ2v) is 7.07. The fraction of sp³-hybridized carbons (Fsp3) is 0.125. The molecule has 0 radical (unpaired) electrons. The van der Waals surface area contributed by atoms with Crippen LogP contribution in [0.4, 0.5) is 11.4 Å². The van der Waals surface area contributed by atoms with Gasteiger partial charge in [0.2, 0.25) is 5.91 Å². The van der Waals surface area contributed by atoms with Gasteiger partial charge in [-0.05, 0) is 49.2 Å². The fourth-order valence-electron chi connectivity index (χ4n) is 2.96. The first-order valence-corrected chi connectivity index (χ1v) is 9.52. The Labute approximate surface area is 168 Å². The number of anilines is 2. The van der Waals surface area contributed by atoms with Crippen molar-refractivity contribution in [3.63, 3.8) is 0 Å². The van der Waals surface area contributed by atoms with E-state index in [0.29, 0.717) is 28.1 Å². The summed E-state index contributed by atoms with van der Waals surface area (Å²) in [5.41, 5.74) is 2.94. The van der Waals surface area contributed by atoms with Gasteiger partial charge in [-0.25, -0.2) is 0 Å². The molecule has 144 valence electrons. The summed E-state index contributed by atoms with van der Waals surface area (Å²) in [5, 5.41) is 5.68. The van der Waals surface area contributed by atoms with Crippen LogP contribution in [0.5, 0.6) is 0 Å². The van der Waals surface area contributed by atoms with E-state index in [4.69, 9.17) is 0 Å². The molecule has 29 heavy (non-hydrogen) atoms. The monoisotopic (exact) mass is 384 g/mol. The molecule has 0 atom stereocenters. The number of nitrogens with one attached hydrogen (secondary N) is 2. The SMILES string of the molecule is O=C(Nc1ccc(NC(=O)C2CC2)cc1)c1ccc(C(=O)c2ccccc2)cc1. The third-order valence-electron chi connectivity index (χ3n) is 4.80. The van der Waals surface area contributed by atoms with Gasteiger partial charge in [0.15, 0.2) is 5.78 Å². The predicted molar refractivity (Wildman–Crippen MR) is 112 cm³/mol. The maximum Gasteiger partial charge on any atom is 0.255 e. The number of benzene rings is 3. The molecule has 0 aromatic heterocycles. The van der Waals surface area contributed by atoms with Crippen LogP contribution in [-0.4, -0.2) is 17.6 Å². The van der Waals surface area contributed by atoms with Gasteiger partial charge in [-0.2, -0.15) is 0 Å². The minimum absolute atomic E-state index is 0.0481. The third-order valence-corrected chi connectivity index (χ3v) is 4.80. The van der Waals surface area contributed by atoms with E-state index in [1.165, 1.54) is 0 Å². The van der Waals surface area contributed by atoms with Crippen molar-refractivity contribution in [2.75, 3.05) is 10.6 Å². The molecular weight excluding hydrogens is 364 g/mol. The number of hydrogen-bond acceptors (Lipinski definition) is 3. The summed E-state index contributed by atoms with van der Waals surface area (Å²) in [5.74, 6) is -0.155. The van der Waals surface area contributed by atoms with Crippen LogP contribution in [0.1, 0.15) is 39.1 Å². The Bertz CT molecular complexity index is 1040. The maximum atomic E-state index is 12.5. The molecule has 4 rings (SSSR count). The highest BCUT2D eigenvalue weighted by atomic mass is 16.2. The Morgan fingerprint density at radius 1 is 0.621 bits per heavy atom. The molecule has 0 spiro atoms. The van der Waals surface area contributed by atoms with E-state index in [9.17, 15) is 14.4 Å². The highest BCUT2D eigenvalue weighted by Gasteiger charge is 2.29. The van der Waals surface area contributed by atoms with Crippen LogP contribution in [-0.2, 0) is 4.79 Å². The van der Waals surface area contributed by atoms with E-state index in [1.54, 1.807) is 60.7 Å². The summed E-state index contributed by atoms with van der Waals surface area (Å²) in [6.07, 6.45) is 1.91. The Morgan fingerprint density at radius 2 is 1.14 bits per heavy atom. The lowest BCUT2D eigenvalue weighted by atomic mass is 10.0. The molecule has 0 saturated heterocycles. The van der Waals surface area contributed by atoms with Crippen LogP contribution < -0.4 is 10.6 Å². The number of ketones is 1. The Morgan fingerprint density at radius 3 is 1.72 bits per heavy atom. The highest BCUT2D eigenvalue weighted by Crippen LogP contribution is 2.30. The summed E-state index contributed by atoms with van der Waals surface area (Å²) >= 11 is 0. The lowest BCUT2D eigenvalue weighted by molar-refractivity contribution is -0.117. The molecule has 0 aliphatic heterocycles.